The lowest BCUT2D eigenvalue weighted by Gasteiger charge is -2.29. The Morgan fingerprint density at radius 1 is 0.838 bits per heavy atom. The number of hydrogen-bond acceptors (Lipinski definition) is 5. The molecule has 1 atom stereocenters. The van der Waals surface area contributed by atoms with E-state index in [1.807, 2.05) is 36.4 Å². The molecular formula is C29H30N2O6. The first-order valence-electron chi connectivity index (χ1n) is 11.9. The molecule has 0 spiro atoms. The Balaban J connectivity index is 1.46. The number of carbonyl (C=O) groups is 3. The van der Waals surface area contributed by atoms with Gasteiger partial charge in [-0.15, -0.1) is 0 Å². The van der Waals surface area contributed by atoms with Crippen molar-refractivity contribution >= 4 is 23.8 Å². The molecule has 0 aliphatic heterocycles. The summed E-state index contributed by atoms with van der Waals surface area (Å²) >= 11 is 0. The third-order valence-electron chi connectivity index (χ3n) is 6.21. The van der Waals surface area contributed by atoms with Crippen molar-refractivity contribution in [3.8, 4) is 11.1 Å². The zero-order chi connectivity index (χ0) is 26.8. The quantitative estimate of drug-likeness (QED) is 0.388. The number of carboxylic acid groups (broad SMARTS) is 1. The zero-order valence-corrected chi connectivity index (χ0v) is 21.2. The molecule has 0 bridgehead atoms. The van der Waals surface area contributed by atoms with Crippen molar-refractivity contribution in [2.45, 2.75) is 44.8 Å². The van der Waals surface area contributed by atoms with Gasteiger partial charge in [0.05, 0.1) is 0 Å². The van der Waals surface area contributed by atoms with Gasteiger partial charge in [-0.25, -0.2) is 14.4 Å². The highest BCUT2D eigenvalue weighted by Crippen LogP contribution is 2.44. The number of amides is 2. The van der Waals surface area contributed by atoms with Crippen LogP contribution in [0.5, 0.6) is 0 Å². The molecule has 37 heavy (non-hydrogen) atoms. The van der Waals surface area contributed by atoms with Gasteiger partial charge in [0.2, 0.25) is 0 Å². The number of anilines is 1. The molecule has 0 saturated heterocycles. The van der Waals surface area contributed by atoms with Crippen LogP contribution in [0.3, 0.4) is 0 Å². The van der Waals surface area contributed by atoms with Crippen LogP contribution in [0.2, 0.25) is 0 Å². The minimum Gasteiger partial charge on any atom is -0.479 e. The van der Waals surface area contributed by atoms with Gasteiger partial charge in [0.25, 0.3) is 0 Å². The van der Waals surface area contributed by atoms with Gasteiger partial charge in [0.15, 0.2) is 5.54 Å². The van der Waals surface area contributed by atoms with Crippen LogP contribution in [0, 0.1) is 0 Å². The van der Waals surface area contributed by atoms with Crippen molar-refractivity contribution in [2.75, 3.05) is 11.9 Å². The topological polar surface area (TPSA) is 114 Å². The number of carbonyl (C=O) groups excluding carboxylic acids is 2. The molecule has 1 unspecified atom stereocenters. The third kappa shape index (κ3) is 5.58. The molecule has 0 fully saturated rings. The molecule has 3 aromatic carbocycles. The summed E-state index contributed by atoms with van der Waals surface area (Å²) in [7, 11) is 0. The van der Waals surface area contributed by atoms with Gasteiger partial charge in [-0.2, -0.15) is 0 Å². The summed E-state index contributed by atoms with van der Waals surface area (Å²) in [4.78, 5) is 37.1. The van der Waals surface area contributed by atoms with Crippen LogP contribution in [0.25, 0.3) is 11.1 Å². The predicted molar refractivity (Wildman–Crippen MR) is 139 cm³/mol. The van der Waals surface area contributed by atoms with Gasteiger partial charge in [0.1, 0.15) is 12.2 Å². The van der Waals surface area contributed by atoms with E-state index in [0.29, 0.717) is 5.69 Å². The van der Waals surface area contributed by atoms with Gasteiger partial charge in [-0.1, -0.05) is 60.7 Å². The minimum absolute atomic E-state index is 0.0854. The number of hydrogen-bond donors (Lipinski definition) is 3. The fourth-order valence-corrected chi connectivity index (χ4v) is 4.42. The van der Waals surface area contributed by atoms with E-state index in [1.54, 1.807) is 39.0 Å². The Labute approximate surface area is 215 Å². The van der Waals surface area contributed by atoms with Crippen LogP contribution >= 0.6 is 0 Å². The predicted octanol–water partition coefficient (Wildman–Crippen LogP) is 5.87. The molecule has 0 aromatic heterocycles. The standard InChI is InChI=1S/C29H30N2O6/c1-28(2,3)37-27(35)31-29(4,25(32)33)18-10-9-11-19(16-18)30-26(34)36-17-24-22-14-7-5-12-20(22)21-13-6-8-15-23(21)24/h5-16,24H,17H2,1-4H3,(H,30,34)(H,31,35)(H,32,33). The highest BCUT2D eigenvalue weighted by atomic mass is 16.6. The van der Waals surface area contributed by atoms with Crippen LogP contribution in [0.4, 0.5) is 15.3 Å². The molecule has 192 valence electrons. The van der Waals surface area contributed by atoms with Gasteiger partial charge in [0, 0.05) is 11.6 Å². The van der Waals surface area contributed by atoms with Crippen molar-refractivity contribution in [1.29, 1.82) is 0 Å². The Morgan fingerprint density at radius 2 is 1.43 bits per heavy atom. The molecule has 0 heterocycles. The van der Waals surface area contributed by atoms with E-state index in [9.17, 15) is 19.5 Å². The highest BCUT2D eigenvalue weighted by Gasteiger charge is 2.38. The lowest BCUT2D eigenvalue weighted by molar-refractivity contribution is -0.144. The van der Waals surface area contributed by atoms with E-state index in [2.05, 4.69) is 22.8 Å². The molecule has 4 rings (SSSR count). The van der Waals surface area contributed by atoms with E-state index in [-0.39, 0.29) is 18.1 Å². The van der Waals surface area contributed by atoms with Crippen LogP contribution in [-0.2, 0) is 19.8 Å². The average molecular weight is 503 g/mol. The van der Waals surface area contributed by atoms with Gasteiger partial charge in [-0.05, 0) is 67.6 Å². The largest absolute Gasteiger partial charge is 0.479 e. The summed E-state index contributed by atoms with van der Waals surface area (Å²) in [5.74, 6) is -1.37. The Kier molecular flexibility index (Phi) is 6.94. The Bertz CT molecular complexity index is 1300. The zero-order valence-electron chi connectivity index (χ0n) is 21.2. The van der Waals surface area contributed by atoms with E-state index >= 15 is 0 Å². The van der Waals surface area contributed by atoms with E-state index < -0.39 is 29.3 Å². The number of aliphatic carboxylic acids is 1. The third-order valence-corrected chi connectivity index (χ3v) is 6.21. The van der Waals surface area contributed by atoms with Crippen molar-refractivity contribution in [2.24, 2.45) is 0 Å². The first-order valence-corrected chi connectivity index (χ1v) is 11.9. The second-order valence-corrected chi connectivity index (χ2v) is 10.1. The summed E-state index contributed by atoms with van der Waals surface area (Å²) < 4.78 is 10.8. The smallest absolute Gasteiger partial charge is 0.411 e. The van der Waals surface area contributed by atoms with Gasteiger partial charge in [-0.3, -0.25) is 5.32 Å². The van der Waals surface area contributed by atoms with E-state index in [0.717, 1.165) is 22.3 Å². The fourth-order valence-electron chi connectivity index (χ4n) is 4.42. The fraction of sp³-hybridized carbons (Fsp3) is 0.276. The van der Waals surface area contributed by atoms with Crippen molar-refractivity contribution in [1.82, 2.24) is 5.32 Å². The lowest BCUT2D eigenvalue weighted by atomic mass is 9.92. The maximum atomic E-state index is 12.7. The van der Waals surface area contributed by atoms with Crippen LogP contribution < -0.4 is 10.6 Å². The van der Waals surface area contributed by atoms with Crippen LogP contribution in [0.1, 0.15) is 50.3 Å². The number of fused-ring (bicyclic) bond motifs is 3. The minimum atomic E-state index is -1.79. The summed E-state index contributed by atoms with van der Waals surface area (Å²) in [6, 6.07) is 22.3. The highest BCUT2D eigenvalue weighted by molar-refractivity contribution is 5.88. The second-order valence-electron chi connectivity index (χ2n) is 10.1. The van der Waals surface area contributed by atoms with Crippen LogP contribution in [-0.4, -0.2) is 35.5 Å². The molecule has 3 N–H and O–H groups in total. The molecule has 0 radical (unpaired) electrons. The monoisotopic (exact) mass is 502 g/mol. The Hall–Kier alpha value is -4.33. The molecule has 2 amide bonds. The van der Waals surface area contributed by atoms with Crippen LogP contribution in [0.15, 0.2) is 72.8 Å². The van der Waals surface area contributed by atoms with E-state index in [1.165, 1.54) is 13.0 Å². The summed E-state index contributed by atoms with van der Waals surface area (Å²) in [6.07, 6.45) is -1.54. The number of benzene rings is 3. The van der Waals surface area contributed by atoms with E-state index in [4.69, 9.17) is 9.47 Å². The second kappa shape index (κ2) is 9.97. The molecule has 1 aliphatic carbocycles. The number of nitrogens with one attached hydrogen (secondary N) is 2. The molecular weight excluding hydrogens is 472 g/mol. The maximum Gasteiger partial charge on any atom is 0.411 e. The average Bonchev–Trinajstić information content (AvgIpc) is 3.15. The SMILES string of the molecule is CC(C)(C)OC(=O)NC(C)(C(=O)O)c1cccc(NC(=O)OCC2c3ccccc3-c3ccccc32)c1. The number of carboxylic acids is 1. The summed E-state index contributed by atoms with van der Waals surface area (Å²) in [5, 5.41) is 15.0. The number of alkyl carbamates (subject to hydrolysis) is 1. The van der Waals surface area contributed by atoms with Crippen molar-refractivity contribution < 1.29 is 29.0 Å². The molecule has 8 heteroatoms. The van der Waals surface area contributed by atoms with Gasteiger partial charge >= 0.3 is 18.2 Å². The number of ether oxygens (including phenoxy) is 2. The molecule has 3 aromatic rings. The first-order chi connectivity index (χ1) is 17.5. The van der Waals surface area contributed by atoms with Crippen molar-refractivity contribution in [3.05, 3.63) is 89.5 Å². The van der Waals surface area contributed by atoms with Gasteiger partial charge < -0.3 is 19.9 Å². The molecule has 0 saturated carbocycles. The summed E-state index contributed by atoms with van der Waals surface area (Å²) in [6.45, 7) is 6.55. The summed E-state index contributed by atoms with van der Waals surface area (Å²) in [5.41, 5.74) is 2.46. The van der Waals surface area contributed by atoms with Crippen molar-refractivity contribution in [3.63, 3.8) is 0 Å². The first kappa shape index (κ1) is 25.8. The Morgan fingerprint density at radius 3 is 2.00 bits per heavy atom. The number of rotatable bonds is 6. The normalized spacial score (nSPS) is 14.1. The molecule has 1 aliphatic rings. The molecule has 8 nitrogen and oxygen atoms in total. The maximum absolute atomic E-state index is 12.7. The lowest BCUT2D eigenvalue weighted by Crippen LogP contribution is -2.51.